The van der Waals surface area contributed by atoms with Crippen molar-refractivity contribution >= 4 is 27.1 Å². The van der Waals surface area contributed by atoms with Crippen LogP contribution in [-0.2, 0) is 20.9 Å². The SMILES string of the molecule is C/C(=N\OC(=O)c1ccc(F)c(C(F)(F)F)c1)C1=CS(=O)(=O)c2ccccc21. The number of nitrogens with zero attached hydrogens (tertiary/aromatic N) is 1. The first-order valence-electron chi connectivity index (χ1n) is 7.70. The average Bonchev–Trinajstić information content (AvgIpc) is 2.90. The van der Waals surface area contributed by atoms with Crippen LogP contribution in [0.1, 0.15) is 28.4 Å². The summed E-state index contributed by atoms with van der Waals surface area (Å²) >= 11 is 0. The van der Waals surface area contributed by atoms with Gasteiger partial charge in [-0.15, -0.1) is 0 Å². The van der Waals surface area contributed by atoms with Gasteiger partial charge in [-0.25, -0.2) is 17.6 Å². The van der Waals surface area contributed by atoms with Gasteiger partial charge in [-0.2, -0.15) is 13.2 Å². The Bertz CT molecular complexity index is 1130. The second-order valence-corrected chi connectivity index (χ2v) is 7.59. The minimum atomic E-state index is -4.98. The molecule has 146 valence electrons. The lowest BCUT2D eigenvalue weighted by Crippen LogP contribution is -2.11. The summed E-state index contributed by atoms with van der Waals surface area (Å²) in [5.41, 5.74) is -1.58. The topological polar surface area (TPSA) is 72.8 Å². The average molecular weight is 413 g/mol. The molecule has 0 atom stereocenters. The minimum absolute atomic E-state index is 0.0278. The van der Waals surface area contributed by atoms with Crippen LogP contribution in [0.4, 0.5) is 17.6 Å². The minimum Gasteiger partial charge on any atom is -0.313 e. The van der Waals surface area contributed by atoms with Crippen LogP contribution in [-0.4, -0.2) is 20.1 Å². The van der Waals surface area contributed by atoms with Crippen LogP contribution in [0, 0.1) is 5.82 Å². The number of sulfone groups is 1. The van der Waals surface area contributed by atoms with Gasteiger partial charge in [0.05, 0.1) is 21.7 Å². The molecule has 3 rings (SSSR count). The van der Waals surface area contributed by atoms with Crippen molar-refractivity contribution in [3.8, 4) is 0 Å². The number of carbonyl (C=O) groups excluding carboxylic acids is 1. The number of carbonyl (C=O) groups is 1. The molecule has 5 nitrogen and oxygen atoms in total. The van der Waals surface area contributed by atoms with Crippen molar-refractivity contribution in [3.63, 3.8) is 0 Å². The summed E-state index contributed by atoms with van der Waals surface area (Å²) in [4.78, 5) is 16.7. The van der Waals surface area contributed by atoms with Crippen molar-refractivity contribution in [2.45, 2.75) is 18.0 Å². The molecule has 0 aromatic heterocycles. The van der Waals surface area contributed by atoms with Crippen molar-refractivity contribution in [1.29, 1.82) is 0 Å². The van der Waals surface area contributed by atoms with Crippen LogP contribution in [0.2, 0.25) is 0 Å². The summed E-state index contributed by atoms with van der Waals surface area (Å²) in [6, 6.07) is 7.75. The van der Waals surface area contributed by atoms with Gasteiger partial charge in [-0.3, -0.25) is 0 Å². The predicted molar refractivity (Wildman–Crippen MR) is 91.5 cm³/mol. The monoisotopic (exact) mass is 413 g/mol. The van der Waals surface area contributed by atoms with Gasteiger partial charge >= 0.3 is 12.1 Å². The molecule has 0 spiro atoms. The molecular formula is C18H11F4NO4S. The first kappa shape index (κ1) is 19.7. The van der Waals surface area contributed by atoms with Gasteiger partial charge in [-0.1, -0.05) is 23.4 Å². The van der Waals surface area contributed by atoms with E-state index in [0.717, 1.165) is 11.5 Å². The van der Waals surface area contributed by atoms with E-state index in [2.05, 4.69) is 9.99 Å². The third-order valence-corrected chi connectivity index (χ3v) is 5.43. The Morgan fingerprint density at radius 2 is 1.79 bits per heavy atom. The summed E-state index contributed by atoms with van der Waals surface area (Å²) in [6.45, 7) is 1.38. The van der Waals surface area contributed by atoms with E-state index < -0.39 is 38.9 Å². The molecule has 0 N–H and O–H groups in total. The predicted octanol–water partition coefficient (Wildman–Crippen LogP) is 4.21. The Morgan fingerprint density at radius 3 is 2.46 bits per heavy atom. The van der Waals surface area contributed by atoms with E-state index in [1.807, 2.05) is 0 Å². The van der Waals surface area contributed by atoms with Crippen LogP contribution >= 0.6 is 0 Å². The molecule has 1 aliphatic heterocycles. The Balaban J connectivity index is 1.86. The van der Waals surface area contributed by atoms with Gasteiger partial charge in [0.25, 0.3) is 0 Å². The van der Waals surface area contributed by atoms with Gasteiger partial charge in [0.1, 0.15) is 5.82 Å². The van der Waals surface area contributed by atoms with Crippen molar-refractivity contribution in [3.05, 3.63) is 70.4 Å². The fraction of sp³-hybridized carbons (Fsp3) is 0.111. The van der Waals surface area contributed by atoms with E-state index >= 15 is 0 Å². The summed E-state index contributed by atoms with van der Waals surface area (Å²) in [6.07, 6.45) is -4.98. The van der Waals surface area contributed by atoms with Crippen LogP contribution in [0.25, 0.3) is 5.57 Å². The van der Waals surface area contributed by atoms with Crippen LogP contribution in [0.5, 0.6) is 0 Å². The van der Waals surface area contributed by atoms with E-state index in [-0.39, 0.29) is 16.2 Å². The molecular weight excluding hydrogens is 402 g/mol. The summed E-state index contributed by atoms with van der Waals surface area (Å²) < 4.78 is 75.7. The second-order valence-electron chi connectivity index (χ2n) is 5.82. The molecule has 28 heavy (non-hydrogen) atoms. The number of hydrogen-bond acceptors (Lipinski definition) is 5. The standard InChI is InChI=1S/C18H11F4NO4S/c1-10(13-9-28(25,26)16-5-3-2-4-12(13)16)23-27-17(24)11-6-7-15(19)14(8-11)18(20,21)22/h2-9H,1H3/b23-10+. The summed E-state index contributed by atoms with van der Waals surface area (Å²) in [5, 5.41) is 4.48. The Hall–Kier alpha value is -3.01. The zero-order valence-electron chi connectivity index (χ0n) is 14.1. The van der Waals surface area contributed by atoms with E-state index in [9.17, 15) is 30.8 Å². The molecule has 0 saturated carbocycles. The van der Waals surface area contributed by atoms with Crippen LogP contribution in [0.15, 0.2) is 57.9 Å². The first-order valence-corrected chi connectivity index (χ1v) is 9.24. The highest BCUT2D eigenvalue weighted by atomic mass is 32.2. The fourth-order valence-corrected chi connectivity index (χ4v) is 4.07. The molecule has 1 aliphatic rings. The normalized spacial score (nSPS) is 15.8. The smallest absolute Gasteiger partial charge is 0.313 e. The number of halogens is 4. The number of oxime groups is 1. The van der Waals surface area contributed by atoms with Crippen LogP contribution < -0.4 is 0 Å². The number of alkyl halides is 3. The highest BCUT2D eigenvalue weighted by Gasteiger charge is 2.35. The number of benzene rings is 2. The zero-order valence-corrected chi connectivity index (χ0v) is 14.9. The van der Waals surface area contributed by atoms with E-state index in [1.165, 1.54) is 13.0 Å². The maximum Gasteiger partial charge on any atom is 0.419 e. The van der Waals surface area contributed by atoms with Crippen molar-refractivity contribution in [2.75, 3.05) is 0 Å². The Labute approximate surface area is 156 Å². The zero-order chi connectivity index (χ0) is 20.7. The van der Waals surface area contributed by atoms with Gasteiger partial charge in [0, 0.05) is 16.5 Å². The van der Waals surface area contributed by atoms with E-state index in [0.29, 0.717) is 17.7 Å². The van der Waals surface area contributed by atoms with Crippen molar-refractivity contribution in [1.82, 2.24) is 0 Å². The third kappa shape index (κ3) is 3.68. The maximum atomic E-state index is 13.3. The molecule has 1 heterocycles. The molecule has 0 aliphatic carbocycles. The quantitative estimate of drug-likeness (QED) is 0.327. The van der Waals surface area contributed by atoms with Gasteiger partial charge in [0.2, 0.25) is 9.84 Å². The lowest BCUT2D eigenvalue weighted by Gasteiger charge is -2.09. The first-order chi connectivity index (χ1) is 13.0. The molecule has 10 heteroatoms. The fourth-order valence-electron chi connectivity index (χ4n) is 2.58. The van der Waals surface area contributed by atoms with Gasteiger partial charge < -0.3 is 4.84 Å². The summed E-state index contributed by atoms with van der Waals surface area (Å²) in [5.74, 6) is -2.78. The Morgan fingerprint density at radius 1 is 1.11 bits per heavy atom. The summed E-state index contributed by atoms with van der Waals surface area (Å²) in [7, 11) is -3.67. The second kappa shape index (κ2) is 6.86. The number of rotatable bonds is 3. The molecule has 2 aromatic rings. The lowest BCUT2D eigenvalue weighted by molar-refractivity contribution is -0.140. The molecule has 0 fully saturated rings. The van der Waals surface area contributed by atoms with Gasteiger partial charge in [0.15, 0.2) is 0 Å². The van der Waals surface area contributed by atoms with Crippen LogP contribution in [0.3, 0.4) is 0 Å². The Kier molecular flexibility index (Phi) is 4.84. The van der Waals surface area contributed by atoms with Gasteiger partial charge in [-0.05, 0) is 31.2 Å². The van der Waals surface area contributed by atoms with E-state index in [1.54, 1.807) is 18.2 Å². The molecule has 0 bridgehead atoms. The maximum absolute atomic E-state index is 13.3. The van der Waals surface area contributed by atoms with Crippen molar-refractivity contribution < 1.29 is 35.6 Å². The largest absolute Gasteiger partial charge is 0.419 e. The highest BCUT2D eigenvalue weighted by molar-refractivity contribution is 7.95. The molecule has 0 unspecified atom stereocenters. The number of hydrogen-bond donors (Lipinski definition) is 0. The van der Waals surface area contributed by atoms with Crippen molar-refractivity contribution in [2.24, 2.45) is 5.16 Å². The third-order valence-electron chi connectivity index (χ3n) is 3.92. The lowest BCUT2D eigenvalue weighted by atomic mass is 10.0. The molecule has 0 radical (unpaired) electrons. The molecule has 0 amide bonds. The molecule has 0 saturated heterocycles. The number of allylic oxidation sites excluding steroid dienone is 1. The molecule has 2 aromatic carbocycles. The number of fused-ring (bicyclic) bond motifs is 1. The van der Waals surface area contributed by atoms with E-state index in [4.69, 9.17) is 0 Å². The highest BCUT2D eigenvalue weighted by Crippen LogP contribution is 2.34.